The van der Waals surface area contributed by atoms with E-state index in [0.29, 0.717) is 27.8 Å². The molecule has 2 heterocycles. The molecule has 30 heavy (non-hydrogen) atoms. The summed E-state index contributed by atoms with van der Waals surface area (Å²) in [5.41, 5.74) is 3.81. The van der Waals surface area contributed by atoms with Gasteiger partial charge in [0.15, 0.2) is 5.13 Å². The van der Waals surface area contributed by atoms with Gasteiger partial charge in [-0.05, 0) is 69.9 Å². The standard InChI is InChI=1S/C22H22ClN5OS/c1-14-16(23)6-8-19-20(14)26-22(30-19)28(12-4-11-27(2)3)21(29)15-5-7-17-18(13-15)25-10-9-24-17/h5-10,13H,4,11-12H2,1-3H3. The van der Waals surface area contributed by atoms with Gasteiger partial charge in [0, 0.05) is 29.5 Å². The van der Waals surface area contributed by atoms with E-state index in [-0.39, 0.29) is 5.91 Å². The van der Waals surface area contributed by atoms with Gasteiger partial charge >= 0.3 is 0 Å². The van der Waals surface area contributed by atoms with Gasteiger partial charge in [-0.3, -0.25) is 19.7 Å². The zero-order valence-corrected chi connectivity index (χ0v) is 18.7. The number of aromatic nitrogens is 3. The molecule has 0 atom stereocenters. The fourth-order valence-corrected chi connectivity index (χ4v) is 4.49. The Balaban J connectivity index is 1.73. The molecule has 154 valence electrons. The van der Waals surface area contributed by atoms with Gasteiger partial charge < -0.3 is 4.90 Å². The first-order chi connectivity index (χ1) is 14.4. The number of aryl methyl sites for hydroxylation is 1. The first kappa shape index (κ1) is 20.7. The van der Waals surface area contributed by atoms with E-state index >= 15 is 0 Å². The van der Waals surface area contributed by atoms with Crippen LogP contribution in [0.3, 0.4) is 0 Å². The molecule has 6 nitrogen and oxygen atoms in total. The number of anilines is 1. The third-order valence-corrected chi connectivity index (χ3v) is 6.37. The Morgan fingerprint density at radius 2 is 1.83 bits per heavy atom. The Bertz CT molecular complexity index is 1220. The van der Waals surface area contributed by atoms with Gasteiger partial charge in [-0.25, -0.2) is 4.98 Å². The number of benzene rings is 2. The van der Waals surface area contributed by atoms with Crippen molar-refractivity contribution in [1.82, 2.24) is 19.9 Å². The molecule has 0 unspecified atom stereocenters. The van der Waals surface area contributed by atoms with E-state index in [1.54, 1.807) is 29.4 Å². The Kier molecular flexibility index (Phi) is 5.94. The van der Waals surface area contributed by atoms with Gasteiger partial charge in [-0.1, -0.05) is 22.9 Å². The largest absolute Gasteiger partial charge is 0.309 e. The van der Waals surface area contributed by atoms with Crippen molar-refractivity contribution in [3.05, 3.63) is 58.9 Å². The van der Waals surface area contributed by atoms with Crippen LogP contribution < -0.4 is 4.90 Å². The van der Waals surface area contributed by atoms with Gasteiger partial charge in [-0.15, -0.1) is 0 Å². The molecule has 8 heteroatoms. The molecule has 2 aromatic carbocycles. The molecule has 4 aromatic rings. The average molecular weight is 440 g/mol. The molecule has 2 aromatic heterocycles. The molecule has 0 bridgehead atoms. The second kappa shape index (κ2) is 8.63. The number of carbonyl (C=O) groups is 1. The van der Waals surface area contributed by atoms with Crippen LogP contribution in [0.15, 0.2) is 42.7 Å². The van der Waals surface area contributed by atoms with Crippen molar-refractivity contribution in [3.8, 4) is 0 Å². The fraction of sp³-hybridized carbons (Fsp3) is 0.273. The van der Waals surface area contributed by atoms with Gasteiger partial charge in [0.1, 0.15) is 0 Å². The first-order valence-corrected chi connectivity index (χ1v) is 10.9. The van der Waals surface area contributed by atoms with E-state index in [1.807, 2.05) is 39.2 Å². The molecular weight excluding hydrogens is 418 g/mol. The number of amides is 1. The van der Waals surface area contributed by atoms with Crippen molar-refractivity contribution in [2.75, 3.05) is 32.1 Å². The van der Waals surface area contributed by atoms with Crippen LogP contribution >= 0.6 is 22.9 Å². The highest BCUT2D eigenvalue weighted by molar-refractivity contribution is 7.22. The average Bonchev–Trinajstić information content (AvgIpc) is 3.17. The van der Waals surface area contributed by atoms with Crippen molar-refractivity contribution in [2.45, 2.75) is 13.3 Å². The quantitative estimate of drug-likeness (QED) is 0.431. The lowest BCUT2D eigenvalue weighted by Gasteiger charge is -2.21. The maximum atomic E-state index is 13.5. The van der Waals surface area contributed by atoms with E-state index in [0.717, 1.165) is 34.3 Å². The van der Waals surface area contributed by atoms with Gasteiger partial charge in [0.2, 0.25) is 0 Å². The Hall–Kier alpha value is -2.61. The highest BCUT2D eigenvalue weighted by atomic mass is 35.5. The third-order valence-electron chi connectivity index (χ3n) is 4.92. The normalized spacial score (nSPS) is 11.5. The smallest absolute Gasteiger partial charge is 0.260 e. The number of fused-ring (bicyclic) bond motifs is 2. The van der Waals surface area contributed by atoms with Crippen LogP contribution in [0.25, 0.3) is 21.3 Å². The molecule has 0 fully saturated rings. The van der Waals surface area contributed by atoms with E-state index in [1.165, 1.54) is 11.3 Å². The van der Waals surface area contributed by atoms with Crippen molar-refractivity contribution in [3.63, 3.8) is 0 Å². The van der Waals surface area contributed by atoms with Gasteiger partial charge in [0.25, 0.3) is 5.91 Å². The lowest BCUT2D eigenvalue weighted by atomic mass is 10.1. The van der Waals surface area contributed by atoms with Crippen molar-refractivity contribution in [1.29, 1.82) is 0 Å². The molecule has 0 saturated heterocycles. The number of hydrogen-bond donors (Lipinski definition) is 0. The van der Waals surface area contributed by atoms with Gasteiger partial charge in [-0.2, -0.15) is 0 Å². The van der Waals surface area contributed by atoms with Crippen LogP contribution in [0, 0.1) is 6.92 Å². The number of hydrogen-bond acceptors (Lipinski definition) is 6. The van der Waals surface area contributed by atoms with Crippen LogP contribution in [0.1, 0.15) is 22.3 Å². The zero-order chi connectivity index (χ0) is 21.3. The molecule has 0 aliphatic carbocycles. The Morgan fingerprint density at radius 3 is 2.60 bits per heavy atom. The monoisotopic (exact) mass is 439 g/mol. The number of carbonyl (C=O) groups excluding carboxylic acids is 1. The number of thiazole rings is 1. The zero-order valence-electron chi connectivity index (χ0n) is 17.1. The Morgan fingerprint density at radius 1 is 1.07 bits per heavy atom. The van der Waals surface area contributed by atoms with Crippen LogP contribution in [-0.4, -0.2) is 52.9 Å². The molecule has 0 spiro atoms. The first-order valence-electron chi connectivity index (χ1n) is 9.67. The summed E-state index contributed by atoms with van der Waals surface area (Å²) >= 11 is 7.78. The molecule has 4 rings (SSSR count). The summed E-state index contributed by atoms with van der Waals surface area (Å²) in [6.07, 6.45) is 4.11. The summed E-state index contributed by atoms with van der Waals surface area (Å²) in [7, 11) is 4.05. The third kappa shape index (κ3) is 4.14. The lowest BCUT2D eigenvalue weighted by molar-refractivity contribution is 0.0986. The summed E-state index contributed by atoms with van der Waals surface area (Å²) in [6.45, 7) is 3.40. The highest BCUT2D eigenvalue weighted by Gasteiger charge is 2.22. The minimum absolute atomic E-state index is 0.0934. The van der Waals surface area contributed by atoms with Crippen molar-refractivity contribution >= 4 is 55.2 Å². The summed E-state index contributed by atoms with van der Waals surface area (Å²) < 4.78 is 1.02. The van der Waals surface area contributed by atoms with Crippen molar-refractivity contribution in [2.24, 2.45) is 0 Å². The van der Waals surface area contributed by atoms with E-state index in [4.69, 9.17) is 16.6 Å². The number of rotatable bonds is 6. The van der Waals surface area contributed by atoms with Crippen LogP contribution in [0.5, 0.6) is 0 Å². The molecule has 0 aliphatic heterocycles. The summed E-state index contributed by atoms with van der Waals surface area (Å²) in [6, 6.07) is 9.25. The molecule has 1 amide bonds. The second-order valence-electron chi connectivity index (χ2n) is 7.39. The number of halogens is 1. The predicted octanol–water partition coefficient (Wildman–Crippen LogP) is 4.80. The molecule has 0 aliphatic rings. The van der Waals surface area contributed by atoms with Gasteiger partial charge in [0.05, 0.1) is 21.3 Å². The number of nitrogens with zero attached hydrogens (tertiary/aromatic N) is 5. The van der Waals surface area contributed by atoms with Crippen molar-refractivity contribution < 1.29 is 4.79 Å². The lowest BCUT2D eigenvalue weighted by Crippen LogP contribution is -2.33. The minimum atomic E-state index is -0.0934. The fourth-order valence-electron chi connectivity index (χ4n) is 3.29. The van der Waals surface area contributed by atoms with E-state index in [2.05, 4.69) is 14.9 Å². The summed E-state index contributed by atoms with van der Waals surface area (Å²) in [4.78, 5) is 30.8. The summed E-state index contributed by atoms with van der Waals surface area (Å²) in [5.74, 6) is -0.0934. The second-order valence-corrected chi connectivity index (χ2v) is 8.81. The Labute approximate surface area is 184 Å². The van der Waals surface area contributed by atoms with Crippen LogP contribution in [-0.2, 0) is 0 Å². The topological polar surface area (TPSA) is 62.2 Å². The van der Waals surface area contributed by atoms with E-state index in [9.17, 15) is 4.79 Å². The van der Waals surface area contributed by atoms with E-state index < -0.39 is 0 Å². The summed E-state index contributed by atoms with van der Waals surface area (Å²) in [5, 5.41) is 1.36. The molecule has 0 radical (unpaired) electrons. The molecule has 0 N–H and O–H groups in total. The predicted molar refractivity (Wildman–Crippen MR) is 124 cm³/mol. The maximum Gasteiger partial charge on any atom is 0.260 e. The maximum absolute atomic E-state index is 13.5. The highest BCUT2D eigenvalue weighted by Crippen LogP contribution is 2.34. The molecule has 0 saturated carbocycles. The van der Waals surface area contributed by atoms with Crippen LogP contribution in [0.2, 0.25) is 5.02 Å². The SMILES string of the molecule is Cc1c(Cl)ccc2sc(N(CCCN(C)C)C(=O)c3ccc4nccnc4c3)nc12. The van der Waals surface area contributed by atoms with Crippen LogP contribution in [0.4, 0.5) is 5.13 Å². The molecular formula is C22H22ClN5OS. The minimum Gasteiger partial charge on any atom is -0.309 e.